The van der Waals surface area contributed by atoms with E-state index in [4.69, 9.17) is 9.72 Å². The Kier molecular flexibility index (Phi) is 11.5. The fourth-order valence-corrected chi connectivity index (χ4v) is 8.12. The predicted octanol–water partition coefficient (Wildman–Crippen LogP) is 2.67. The minimum absolute atomic E-state index is 0.0182. The number of sulfonamides is 1. The number of carbonyl (C=O) groups is 4. The highest BCUT2D eigenvalue weighted by atomic mass is 32.2. The Morgan fingerprint density at radius 1 is 1.07 bits per heavy atom. The van der Waals surface area contributed by atoms with E-state index in [0.29, 0.717) is 71.3 Å². The lowest BCUT2D eigenvalue weighted by Crippen LogP contribution is -2.64. The smallest absolute Gasteiger partial charge is 0.257 e. The molecule has 0 radical (unpaired) electrons. The highest BCUT2D eigenvalue weighted by Crippen LogP contribution is 2.36. The van der Waals surface area contributed by atoms with Gasteiger partial charge in [0.25, 0.3) is 11.8 Å². The second-order valence-electron chi connectivity index (χ2n) is 14.1. The number of fused-ring (bicyclic) bond motifs is 1. The van der Waals surface area contributed by atoms with E-state index in [1.807, 2.05) is 6.07 Å². The fourth-order valence-electron chi connectivity index (χ4n) is 6.88. The normalized spacial score (nSPS) is 16.5. The fraction of sp³-hybridized carbons (Fsp3) is 0.333. The number of nitrogens with zero attached hydrogens (tertiary/aromatic N) is 6. The summed E-state index contributed by atoms with van der Waals surface area (Å²) in [6.45, 7) is 2.32. The Morgan fingerprint density at radius 2 is 1.86 bits per heavy atom. The lowest BCUT2D eigenvalue weighted by atomic mass is 9.89. The van der Waals surface area contributed by atoms with Gasteiger partial charge in [-0.25, -0.2) is 13.4 Å². The number of H-pyrrole nitrogens is 1. The largest absolute Gasteiger partial charge is 0.484 e. The molecule has 0 aliphatic carbocycles. The molecule has 18 nitrogen and oxygen atoms in total. The van der Waals surface area contributed by atoms with Crippen LogP contribution in [0.25, 0.3) is 22.3 Å². The molecule has 5 N–H and O–H groups in total. The van der Waals surface area contributed by atoms with Crippen LogP contribution in [-0.4, -0.2) is 99.6 Å². The highest BCUT2D eigenvalue weighted by Gasteiger charge is 2.49. The molecule has 300 valence electrons. The number of rotatable bonds is 16. The van der Waals surface area contributed by atoms with Gasteiger partial charge in [-0.05, 0) is 67.8 Å². The van der Waals surface area contributed by atoms with Gasteiger partial charge in [-0.1, -0.05) is 12.1 Å². The number of aromatic amines is 1. The SMILES string of the molecule is CCS(=O)(=O)N1CC(CC#N)(n2cc(-c3nc(Nc4ccc(C(=O)NCCCNC(=O)COc5cccc(C6CCC(=O)NC6=O)c5)cc4)nc4[nH]ccc34)cn2)C1. The number of imide groups is 1. The number of hydrogen-bond acceptors (Lipinski definition) is 12. The number of aromatic nitrogens is 5. The van der Waals surface area contributed by atoms with Crippen molar-refractivity contribution in [1.82, 2.24) is 45.0 Å². The van der Waals surface area contributed by atoms with Crippen LogP contribution in [0.3, 0.4) is 0 Å². The molecule has 2 saturated heterocycles. The van der Waals surface area contributed by atoms with E-state index in [0.717, 1.165) is 5.39 Å². The minimum Gasteiger partial charge on any atom is -0.484 e. The Bertz CT molecular complexity index is 2500. The van der Waals surface area contributed by atoms with Crippen LogP contribution in [0.1, 0.15) is 54.4 Å². The second kappa shape index (κ2) is 16.8. The Balaban J connectivity index is 0.885. The van der Waals surface area contributed by atoms with Crippen molar-refractivity contribution in [3.63, 3.8) is 0 Å². The molecule has 5 heterocycles. The monoisotopic (exact) mass is 807 g/mol. The summed E-state index contributed by atoms with van der Waals surface area (Å²) < 4.78 is 33.5. The van der Waals surface area contributed by atoms with E-state index in [-0.39, 0.29) is 61.9 Å². The lowest BCUT2D eigenvalue weighted by molar-refractivity contribution is -0.134. The van der Waals surface area contributed by atoms with Crippen molar-refractivity contribution in [3.8, 4) is 23.1 Å². The molecule has 2 aliphatic rings. The summed E-state index contributed by atoms with van der Waals surface area (Å²) in [5.74, 6) is -0.988. The number of nitriles is 1. The maximum atomic E-state index is 12.8. The van der Waals surface area contributed by atoms with Gasteiger partial charge in [0.05, 0.1) is 36.1 Å². The van der Waals surface area contributed by atoms with Gasteiger partial charge in [0.2, 0.25) is 27.8 Å². The zero-order valence-corrected chi connectivity index (χ0v) is 32.3. The summed E-state index contributed by atoms with van der Waals surface area (Å²) in [6, 6.07) is 17.7. The molecule has 0 spiro atoms. The summed E-state index contributed by atoms with van der Waals surface area (Å²) in [7, 11) is -3.39. The maximum absolute atomic E-state index is 12.8. The summed E-state index contributed by atoms with van der Waals surface area (Å²) in [5.41, 5.74) is 2.83. The minimum atomic E-state index is -3.39. The summed E-state index contributed by atoms with van der Waals surface area (Å²) in [4.78, 5) is 61.3. The molecule has 58 heavy (non-hydrogen) atoms. The zero-order valence-electron chi connectivity index (χ0n) is 31.5. The van der Waals surface area contributed by atoms with E-state index in [1.165, 1.54) is 4.31 Å². The lowest BCUT2D eigenvalue weighted by Gasteiger charge is -2.47. The van der Waals surface area contributed by atoms with Crippen molar-refractivity contribution >= 4 is 56.3 Å². The molecule has 0 saturated carbocycles. The molecule has 19 heteroatoms. The average Bonchev–Trinajstić information content (AvgIpc) is 3.89. The number of hydrogen-bond donors (Lipinski definition) is 5. The van der Waals surface area contributed by atoms with Crippen LogP contribution in [0.2, 0.25) is 0 Å². The van der Waals surface area contributed by atoms with Crippen LogP contribution in [0.4, 0.5) is 11.6 Å². The standard InChI is InChI=1S/C39H41N11O7S/c1-2-58(55,56)49-23-39(24-49,14-15-40)50-21-27(20-44-50)34-31-13-18-42-35(31)48-38(47-34)45-28-9-7-25(8-10-28)36(53)43-17-4-16-41-33(52)22-57-29-6-3-5-26(19-29)30-11-12-32(51)46-37(30)54/h3,5-10,13,18-21,30H,2,4,11-12,14,16-17,22-24H2,1H3,(H,41,52)(H,43,53)(H,46,51,54)(H2,42,45,47,48). The summed E-state index contributed by atoms with van der Waals surface area (Å²) in [6.07, 6.45) is 6.42. The number of piperidine rings is 1. The van der Waals surface area contributed by atoms with Crippen LogP contribution >= 0.6 is 0 Å². The van der Waals surface area contributed by atoms with Crippen molar-refractivity contribution in [2.75, 3.05) is 43.9 Å². The number of ether oxygens (including phenoxy) is 1. The van der Waals surface area contributed by atoms with E-state index < -0.39 is 21.5 Å². The first-order valence-corrected chi connectivity index (χ1v) is 20.3. The van der Waals surface area contributed by atoms with Gasteiger partial charge in [-0.3, -0.25) is 29.2 Å². The first kappa shape index (κ1) is 39.6. The number of benzene rings is 2. The number of carbonyl (C=O) groups excluding carboxylic acids is 4. The first-order chi connectivity index (χ1) is 28.0. The summed E-state index contributed by atoms with van der Waals surface area (Å²) >= 11 is 0. The van der Waals surface area contributed by atoms with Crippen molar-refractivity contribution < 1.29 is 32.3 Å². The number of amides is 4. The molecular weight excluding hydrogens is 767 g/mol. The van der Waals surface area contributed by atoms with Gasteiger partial charge in [-0.2, -0.15) is 19.6 Å². The van der Waals surface area contributed by atoms with Gasteiger partial charge in [-0.15, -0.1) is 0 Å². The van der Waals surface area contributed by atoms with Crippen molar-refractivity contribution in [3.05, 3.63) is 84.3 Å². The molecule has 5 aromatic rings. The third kappa shape index (κ3) is 8.67. The third-order valence-corrected chi connectivity index (χ3v) is 11.9. The van der Waals surface area contributed by atoms with Gasteiger partial charge in [0.15, 0.2) is 6.61 Å². The topological polar surface area (TPSA) is 246 Å². The summed E-state index contributed by atoms with van der Waals surface area (Å²) in [5, 5.41) is 26.0. The molecule has 1 unspecified atom stereocenters. The Morgan fingerprint density at radius 3 is 2.62 bits per heavy atom. The molecular formula is C39H41N11O7S. The molecule has 4 amide bonds. The number of anilines is 2. The Hall–Kier alpha value is -6.65. The quantitative estimate of drug-likeness (QED) is 0.0714. The van der Waals surface area contributed by atoms with Crippen LogP contribution in [0.5, 0.6) is 5.75 Å². The van der Waals surface area contributed by atoms with E-state index in [2.05, 4.69) is 42.4 Å². The Labute approximate surface area is 333 Å². The highest BCUT2D eigenvalue weighted by molar-refractivity contribution is 7.89. The van der Waals surface area contributed by atoms with E-state index >= 15 is 0 Å². The third-order valence-electron chi connectivity index (χ3n) is 10.1. The second-order valence-corrected chi connectivity index (χ2v) is 16.3. The van der Waals surface area contributed by atoms with Gasteiger partial charge < -0.3 is 25.7 Å². The molecule has 3 aromatic heterocycles. The van der Waals surface area contributed by atoms with Gasteiger partial charge in [0, 0.05) is 67.2 Å². The molecule has 2 fully saturated rings. The molecule has 7 rings (SSSR count). The van der Waals surface area contributed by atoms with Crippen molar-refractivity contribution in [1.29, 1.82) is 5.26 Å². The molecule has 1 atom stereocenters. The first-order valence-electron chi connectivity index (χ1n) is 18.7. The van der Waals surface area contributed by atoms with Crippen LogP contribution in [0, 0.1) is 11.3 Å². The van der Waals surface area contributed by atoms with Gasteiger partial charge >= 0.3 is 0 Å². The van der Waals surface area contributed by atoms with Gasteiger partial charge in [0.1, 0.15) is 16.9 Å². The predicted molar refractivity (Wildman–Crippen MR) is 211 cm³/mol. The van der Waals surface area contributed by atoms with Crippen LogP contribution < -0.4 is 26.0 Å². The zero-order chi connectivity index (χ0) is 40.9. The molecule has 0 bridgehead atoms. The maximum Gasteiger partial charge on any atom is 0.257 e. The van der Waals surface area contributed by atoms with E-state index in [9.17, 15) is 32.9 Å². The van der Waals surface area contributed by atoms with Crippen LogP contribution in [-0.2, 0) is 29.9 Å². The van der Waals surface area contributed by atoms with E-state index in [1.54, 1.807) is 78.7 Å². The molecule has 2 aliphatic heterocycles. The van der Waals surface area contributed by atoms with Crippen molar-refractivity contribution in [2.45, 2.75) is 44.1 Å². The average molecular weight is 808 g/mol. The van der Waals surface area contributed by atoms with Crippen LogP contribution in [0.15, 0.2) is 73.2 Å². The molecule has 2 aromatic carbocycles. The number of nitrogens with one attached hydrogen (secondary N) is 5. The van der Waals surface area contributed by atoms with Crippen molar-refractivity contribution in [2.24, 2.45) is 0 Å².